The van der Waals surface area contributed by atoms with E-state index in [1.807, 2.05) is 20.8 Å². The van der Waals surface area contributed by atoms with Gasteiger partial charge >= 0.3 is 0 Å². The molecule has 0 bridgehead atoms. The molecule has 0 fully saturated rings. The Balaban J connectivity index is 2.01. The SMILES string of the molecule is CCn1c(SCc2cc(Cl)nc(Cl)c2)nc2sc(C)c(C)c2c1=O. The lowest BCUT2D eigenvalue weighted by Gasteiger charge is -2.10. The zero-order valence-electron chi connectivity index (χ0n) is 13.4. The number of hydrogen-bond acceptors (Lipinski definition) is 5. The molecule has 0 saturated carbocycles. The highest BCUT2D eigenvalue weighted by Gasteiger charge is 2.16. The van der Waals surface area contributed by atoms with Crippen molar-refractivity contribution in [3.63, 3.8) is 0 Å². The van der Waals surface area contributed by atoms with Gasteiger partial charge in [0.1, 0.15) is 15.1 Å². The average Bonchev–Trinajstić information content (AvgIpc) is 2.79. The number of thioether (sulfide) groups is 1. The summed E-state index contributed by atoms with van der Waals surface area (Å²) >= 11 is 14.9. The van der Waals surface area contributed by atoms with E-state index in [0.717, 1.165) is 26.2 Å². The monoisotopic (exact) mass is 399 g/mol. The molecule has 4 nitrogen and oxygen atoms in total. The van der Waals surface area contributed by atoms with Crippen LogP contribution in [0.3, 0.4) is 0 Å². The van der Waals surface area contributed by atoms with Crippen LogP contribution in [0.15, 0.2) is 22.1 Å². The molecule has 24 heavy (non-hydrogen) atoms. The molecular weight excluding hydrogens is 385 g/mol. The van der Waals surface area contributed by atoms with Crippen molar-refractivity contribution in [3.05, 3.63) is 48.8 Å². The van der Waals surface area contributed by atoms with Crippen LogP contribution in [0.4, 0.5) is 0 Å². The first-order valence-electron chi connectivity index (χ1n) is 7.36. The van der Waals surface area contributed by atoms with E-state index in [1.54, 1.807) is 28.0 Å². The highest BCUT2D eigenvalue weighted by molar-refractivity contribution is 7.98. The Kier molecular flexibility index (Phi) is 5.20. The summed E-state index contributed by atoms with van der Waals surface area (Å²) in [5, 5.41) is 2.16. The van der Waals surface area contributed by atoms with Crippen molar-refractivity contribution in [2.24, 2.45) is 0 Å². The first kappa shape index (κ1) is 17.7. The van der Waals surface area contributed by atoms with Gasteiger partial charge in [0, 0.05) is 17.2 Å². The lowest BCUT2D eigenvalue weighted by atomic mass is 10.2. The van der Waals surface area contributed by atoms with Crippen LogP contribution in [0.5, 0.6) is 0 Å². The van der Waals surface area contributed by atoms with E-state index in [4.69, 9.17) is 28.2 Å². The van der Waals surface area contributed by atoms with Crippen LogP contribution >= 0.6 is 46.3 Å². The Morgan fingerprint density at radius 3 is 2.50 bits per heavy atom. The number of halogens is 2. The van der Waals surface area contributed by atoms with Crippen LogP contribution in [0, 0.1) is 13.8 Å². The van der Waals surface area contributed by atoms with Gasteiger partial charge in [0.15, 0.2) is 5.16 Å². The minimum atomic E-state index is 0.0256. The van der Waals surface area contributed by atoms with Crippen LogP contribution in [-0.2, 0) is 12.3 Å². The number of nitrogens with zero attached hydrogens (tertiary/aromatic N) is 3. The fourth-order valence-corrected chi connectivity index (χ4v) is 5.01. The summed E-state index contributed by atoms with van der Waals surface area (Å²) in [6.45, 7) is 6.53. The molecule has 0 atom stereocenters. The van der Waals surface area contributed by atoms with Gasteiger partial charge in [-0.3, -0.25) is 9.36 Å². The van der Waals surface area contributed by atoms with Crippen molar-refractivity contribution >= 4 is 56.5 Å². The molecule has 126 valence electrons. The second-order valence-corrected chi connectivity index (χ2v) is 8.24. The predicted octanol–water partition coefficient (Wildman–Crippen LogP) is 5.09. The minimum Gasteiger partial charge on any atom is -0.287 e. The topological polar surface area (TPSA) is 47.8 Å². The summed E-state index contributed by atoms with van der Waals surface area (Å²) < 4.78 is 1.72. The average molecular weight is 400 g/mol. The summed E-state index contributed by atoms with van der Waals surface area (Å²) in [4.78, 5) is 23.4. The normalized spacial score (nSPS) is 11.4. The van der Waals surface area contributed by atoms with Crippen LogP contribution in [0.2, 0.25) is 10.3 Å². The molecule has 8 heteroatoms. The summed E-state index contributed by atoms with van der Waals surface area (Å²) in [6.07, 6.45) is 0. The van der Waals surface area contributed by atoms with E-state index in [-0.39, 0.29) is 5.56 Å². The van der Waals surface area contributed by atoms with Crippen LogP contribution in [-0.4, -0.2) is 14.5 Å². The quantitative estimate of drug-likeness (QED) is 0.348. The molecule has 0 N–H and O–H groups in total. The molecule has 3 rings (SSSR count). The van der Waals surface area contributed by atoms with Gasteiger partial charge in [0.05, 0.1) is 5.39 Å². The number of hydrogen-bond donors (Lipinski definition) is 0. The van der Waals surface area contributed by atoms with Crippen molar-refractivity contribution in [3.8, 4) is 0 Å². The van der Waals surface area contributed by atoms with Crippen molar-refractivity contribution < 1.29 is 0 Å². The lowest BCUT2D eigenvalue weighted by Crippen LogP contribution is -2.22. The van der Waals surface area contributed by atoms with Crippen LogP contribution < -0.4 is 5.56 Å². The molecule has 0 spiro atoms. The minimum absolute atomic E-state index is 0.0256. The molecule has 3 aromatic heterocycles. The van der Waals surface area contributed by atoms with Gasteiger partial charge in [-0.25, -0.2) is 9.97 Å². The smallest absolute Gasteiger partial charge is 0.263 e. The van der Waals surface area contributed by atoms with Gasteiger partial charge in [-0.2, -0.15) is 0 Å². The number of thiophene rings is 1. The highest BCUT2D eigenvalue weighted by atomic mass is 35.5. The maximum Gasteiger partial charge on any atom is 0.263 e. The molecule has 0 unspecified atom stereocenters. The maximum absolute atomic E-state index is 12.8. The summed E-state index contributed by atoms with van der Waals surface area (Å²) in [6, 6.07) is 3.54. The Bertz CT molecular complexity index is 961. The van der Waals surface area contributed by atoms with E-state index in [1.165, 1.54) is 11.8 Å². The number of pyridine rings is 1. The predicted molar refractivity (Wildman–Crippen MR) is 103 cm³/mol. The molecule has 0 radical (unpaired) electrons. The van der Waals surface area contributed by atoms with Crippen LogP contribution in [0.1, 0.15) is 22.9 Å². The zero-order chi connectivity index (χ0) is 17.4. The highest BCUT2D eigenvalue weighted by Crippen LogP contribution is 2.30. The Labute approximate surface area is 157 Å². The molecule has 3 aromatic rings. The van der Waals surface area contributed by atoms with Crippen molar-refractivity contribution in [2.45, 2.75) is 38.2 Å². The van der Waals surface area contributed by atoms with E-state index < -0.39 is 0 Å². The first-order valence-corrected chi connectivity index (χ1v) is 9.91. The third kappa shape index (κ3) is 3.33. The summed E-state index contributed by atoms with van der Waals surface area (Å²) in [5.74, 6) is 0.614. The largest absolute Gasteiger partial charge is 0.287 e. The van der Waals surface area contributed by atoms with E-state index >= 15 is 0 Å². The standard InChI is InChI=1S/C16H15Cl2N3OS2/c1-4-21-15(22)13-8(2)9(3)24-14(13)20-16(21)23-7-10-5-11(17)19-12(18)6-10/h5-6H,4,7H2,1-3H3. The Hall–Kier alpha value is -1.08. The molecule has 0 aliphatic rings. The van der Waals surface area contributed by atoms with Gasteiger partial charge in [0.2, 0.25) is 0 Å². The number of rotatable bonds is 4. The molecule has 3 heterocycles. The summed E-state index contributed by atoms with van der Waals surface area (Å²) in [5.41, 5.74) is 2.00. The molecule has 0 amide bonds. The number of fused-ring (bicyclic) bond motifs is 1. The van der Waals surface area contributed by atoms with Gasteiger partial charge < -0.3 is 0 Å². The fraction of sp³-hybridized carbons (Fsp3) is 0.312. The summed E-state index contributed by atoms with van der Waals surface area (Å²) in [7, 11) is 0. The van der Waals surface area contributed by atoms with E-state index in [9.17, 15) is 4.79 Å². The van der Waals surface area contributed by atoms with Gasteiger partial charge in [-0.05, 0) is 44.0 Å². The van der Waals surface area contributed by atoms with Gasteiger partial charge in [0.25, 0.3) is 5.56 Å². The van der Waals surface area contributed by atoms with Crippen molar-refractivity contribution in [1.82, 2.24) is 14.5 Å². The number of aryl methyl sites for hydroxylation is 2. The maximum atomic E-state index is 12.8. The third-order valence-corrected chi connectivity index (χ3v) is 6.30. The van der Waals surface area contributed by atoms with Crippen molar-refractivity contribution in [2.75, 3.05) is 0 Å². The molecule has 0 aliphatic heterocycles. The Morgan fingerprint density at radius 1 is 1.21 bits per heavy atom. The van der Waals surface area contributed by atoms with E-state index in [0.29, 0.717) is 27.8 Å². The van der Waals surface area contributed by atoms with Gasteiger partial charge in [-0.1, -0.05) is 35.0 Å². The lowest BCUT2D eigenvalue weighted by molar-refractivity contribution is 0.635. The van der Waals surface area contributed by atoms with Crippen molar-refractivity contribution in [1.29, 1.82) is 0 Å². The van der Waals surface area contributed by atoms with Gasteiger partial charge in [-0.15, -0.1) is 11.3 Å². The Morgan fingerprint density at radius 2 is 1.88 bits per heavy atom. The fourth-order valence-electron chi connectivity index (χ4n) is 2.44. The third-order valence-electron chi connectivity index (χ3n) is 3.76. The van der Waals surface area contributed by atoms with Crippen LogP contribution in [0.25, 0.3) is 10.2 Å². The molecule has 0 aliphatic carbocycles. The molecular formula is C16H15Cl2N3OS2. The molecule has 0 aromatic carbocycles. The molecule has 0 saturated heterocycles. The van der Waals surface area contributed by atoms with E-state index in [2.05, 4.69) is 4.98 Å². The second-order valence-electron chi connectivity index (χ2n) is 5.32. The first-order chi connectivity index (χ1) is 11.4. The second kappa shape index (κ2) is 7.04. The number of aromatic nitrogens is 3. The zero-order valence-corrected chi connectivity index (χ0v) is 16.5.